The van der Waals surface area contributed by atoms with Crippen molar-refractivity contribution in [3.05, 3.63) is 33.4 Å². The Bertz CT molecular complexity index is 471. The average molecular weight is 361 g/mol. The predicted octanol–water partition coefficient (Wildman–Crippen LogP) is 2.62. The first-order valence-corrected chi connectivity index (χ1v) is 6.69. The van der Waals surface area contributed by atoms with Crippen LogP contribution in [0, 0.1) is 3.57 Å². The van der Waals surface area contributed by atoms with Crippen LogP contribution in [-0.2, 0) is 4.79 Å². The van der Waals surface area contributed by atoms with Crippen molar-refractivity contribution in [3.8, 4) is 0 Å². The molecule has 5 heteroatoms. The summed E-state index contributed by atoms with van der Waals surface area (Å²) >= 11 is 2.12. The highest BCUT2D eigenvalue weighted by Gasteiger charge is 2.37. The molecule has 1 amide bonds. The molecule has 0 aliphatic carbocycles. The second-order valence-corrected chi connectivity index (χ2v) is 5.67. The van der Waals surface area contributed by atoms with Crippen LogP contribution in [0.15, 0.2) is 24.3 Å². The highest BCUT2D eigenvalue weighted by molar-refractivity contribution is 14.1. The van der Waals surface area contributed by atoms with Crippen molar-refractivity contribution in [2.45, 2.75) is 26.3 Å². The molecule has 18 heavy (non-hydrogen) atoms. The molecule has 1 aromatic rings. The van der Waals surface area contributed by atoms with E-state index >= 15 is 0 Å². The number of carbonyl (C=O) groups excluding carboxylic acids is 1. The molecule has 0 saturated heterocycles. The van der Waals surface area contributed by atoms with Gasteiger partial charge in [0, 0.05) is 15.7 Å². The van der Waals surface area contributed by atoms with Gasteiger partial charge in [0.25, 0.3) is 5.91 Å². The molecule has 0 saturated carbocycles. The Morgan fingerprint density at radius 1 is 1.39 bits per heavy atom. The van der Waals surface area contributed by atoms with E-state index in [-0.39, 0.29) is 5.91 Å². The molecule has 1 aromatic carbocycles. The fourth-order valence-electron chi connectivity index (χ4n) is 1.69. The van der Waals surface area contributed by atoms with E-state index in [9.17, 15) is 14.7 Å². The normalized spacial score (nSPS) is 11.1. The van der Waals surface area contributed by atoms with Crippen molar-refractivity contribution in [1.82, 2.24) is 4.90 Å². The fraction of sp³-hybridized carbons (Fsp3) is 0.385. The van der Waals surface area contributed by atoms with Crippen LogP contribution in [-0.4, -0.2) is 34.0 Å². The van der Waals surface area contributed by atoms with E-state index in [1.807, 2.05) is 6.07 Å². The first-order chi connectivity index (χ1) is 8.30. The van der Waals surface area contributed by atoms with E-state index in [2.05, 4.69) is 22.6 Å². The lowest BCUT2D eigenvalue weighted by atomic mass is 10.0. The van der Waals surface area contributed by atoms with E-state index in [0.29, 0.717) is 12.1 Å². The number of hydrogen-bond donors (Lipinski definition) is 1. The van der Waals surface area contributed by atoms with Crippen LogP contribution in [0.5, 0.6) is 0 Å². The van der Waals surface area contributed by atoms with Gasteiger partial charge in [-0.3, -0.25) is 4.79 Å². The molecule has 0 atom stereocenters. The molecule has 0 radical (unpaired) electrons. The van der Waals surface area contributed by atoms with Gasteiger partial charge in [-0.1, -0.05) is 6.07 Å². The molecule has 0 aliphatic rings. The van der Waals surface area contributed by atoms with Crippen LogP contribution in [0.4, 0.5) is 0 Å². The third kappa shape index (κ3) is 3.01. The predicted molar refractivity (Wildman–Crippen MR) is 77.6 cm³/mol. The molecule has 0 bridgehead atoms. The van der Waals surface area contributed by atoms with Gasteiger partial charge in [-0.2, -0.15) is 0 Å². The van der Waals surface area contributed by atoms with Gasteiger partial charge in [-0.05, 0) is 61.6 Å². The summed E-state index contributed by atoms with van der Waals surface area (Å²) in [6.45, 7) is 5.19. The number of carboxylic acids is 1. The summed E-state index contributed by atoms with van der Waals surface area (Å²) in [5.74, 6) is -1.27. The summed E-state index contributed by atoms with van der Waals surface area (Å²) in [7, 11) is 0. The Hall–Kier alpha value is -1.11. The van der Waals surface area contributed by atoms with Crippen molar-refractivity contribution in [2.75, 3.05) is 6.54 Å². The number of amides is 1. The van der Waals surface area contributed by atoms with Gasteiger partial charge >= 0.3 is 5.97 Å². The largest absolute Gasteiger partial charge is 0.480 e. The number of carboxylic acid groups (broad SMARTS) is 1. The van der Waals surface area contributed by atoms with Crippen LogP contribution in [0.2, 0.25) is 0 Å². The van der Waals surface area contributed by atoms with E-state index in [1.165, 1.54) is 18.7 Å². The Morgan fingerprint density at radius 2 is 2.00 bits per heavy atom. The summed E-state index contributed by atoms with van der Waals surface area (Å²) < 4.78 is 0.947. The summed E-state index contributed by atoms with van der Waals surface area (Å²) in [5, 5.41) is 9.20. The summed E-state index contributed by atoms with van der Waals surface area (Å²) in [6.07, 6.45) is 0. The average Bonchev–Trinajstić information content (AvgIpc) is 2.29. The van der Waals surface area contributed by atoms with E-state index in [4.69, 9.17) is 0 Å². The monoisotopic (exact) mass is 361 g/mol. The molecular weight excluding hydrogens is 345 g/mol. The van der Waals surface area contributed by atoms with Crippen LogP contribution in [0.1, 0.15) is 31.1 Å². The number of halogens is 1. The Balaban J connectivity index is 3.11. The maximum Gasteiger partial charge on any atom is 0.329 e. The standard InChI is InChI=1S/C13H16INO3/c1-4-15(13(2,3)12(17)18)11(16)9-6-5-7-10(14)8-9/h5-8H,4H2,1-3H3,(H,17,18). The number of aliphatic carboxylic acids is 1. The zero-order chi connectivity index (χ0) is 13.9. The van der Waals surface area contributed by atoms with Crippen LogP contribution >= 0.6 is 22.6 Å². The molecule has 0 fully saturated rings. The second kappa shape index (κ2) is 5.69. The minimum absolute atomic E-state index is 0.261. The van der Waals surface area contributed by atoms with Crippen molar-refractivity contribution >= 4 is 34.5 Å². The van der Waals surface area contributed by atoms with Gasteiger partial charge < -0.3 is 10.0 Å². The molecule has 0 aliphatic heterocycles. The summed E-state index contributed by atoms with van der Waals surface area (Å²) in [6, 6.07) is 7.13. The van der Waals surface area contributed by atoms with Gasteiger partial charge in [0.15, 0.2) is 0 Å². The van der Waals surface area contributed by atoms with Gasteiger partial charge in [-0.15, -0.1) is 0 Å². The SMILES string of the molecule is CCN(C(=O)c1cccc(I)c1)C(C)(C)C(=O)O. The second-order valence-electron chi connectivity index (χ2n) is 4.42. The zero-order valence-electron chi connectivity index (χ0n) is 10.6. The van der Waals surface area contributed by atoms with Crippen LogP contribution in [0.3, 0.4) is 0 Å². The van der Waals surface area contributed by atoms with Crippen LogP contribution < -0.4 is 0 Å². The molecule has 98 valence electrons. The van der Waals surface area contributed by atoms with Gasteiger partial charge in [0.2, 0.25) is 0 Å². The van der Waals surface area contributed by atoms with Crippen LogP contribution in [0.25, 0.3) is 0 Å². The topological polar surface area (TPSA) is 57.6 Å². The van der Waals surface area contributed by atoms with Crippen molar-refractivity contribution in [1.29, 1.82) is 0 Å². The number of likely N-dealkylation sites (N-methyl/N-ethyl adjacent to an activating group) is 1. The first-order valence-electron chi connectivity index (χ1n) is 5.61. The Labute approximate surface area is 120 Å². The molecular formula is C13H16INO3. The lowest BCUT2D eigenvalue weighted by molar-refractivity contribution is -0.147. The number of benzene rings is 1. The smallest absolute Gasteiger partial charge is 0.329 e. The summed E-state index contributed by atoms with van der Waals surface area (Å²) in [5.41, 5.74) is -0.703. The number of carbonyl (C=O) groups is 2. The van der Waals surface area contributed by atoms with Gasteiger partial charge in [0.1, 0.15) is 5.54 Å². The van der Waals surface area contributed by atoms with Crippen molar-refractivity contribution in [2.24, 2.45) is 0 Å². The molecule has 0 spiro atoms. The molecule has 1 rings (SSSR count). The number of rotatable bonds is 4. The number of hydrogen-bond acceptors (Lipinski definition) is 2. The highest BCUT2D eigenvalue weighted by atomic mass is 127. The minimum Gasteiger partial charge on any atom is -0.480 e. The fourth-order valence-corrected chi connectivity index (χ4v) is 2.23. The van der Waals surface area contributed by atoms with E-state index < -0.39 is 11.5 Å². The van der Waals surface area contributed by atoms with E-state index in [1.54, 1.807) is 25.1 Å². The van der Waals surface area contributed by atoms with Crippen molar-refractivity contribution in [3.63, 3.8) is 0 Å². The van der Waals surface area contributed by atoms with Crippen molar-refractivity contribution < 1.29 is 14.7 Å². The number of nitrogens with zero attached hydrogens (tertiary/aromatic N) is 1. The Morgan fingerprint density at radius 3 is 2.44 bits per heavy atom. The molecule has 4 nitrogen and oxygen atoms in total. The summed E-state index contributed by atoms with van der Waals surface area (Å²) in [4.78, 5) is 24.9. The first kappa shape index (κ1) is 14.9. The quantitative estimate of drug-likeness (QED) is 0.839. The maximum absolute atomic E-state index is 12.3. The minimum atomic E-state index is -1.22. The molecule has 0 unspecified atom stereocenters. The molecule has 1 N–H and O–H groups in total. The third-order valence-corrected chi connectivity index (χ3v) is 3.50. The van der Waals surface area contributed by atoms with Gasteiger partial charge in [-0.25, -0.2) is 4.79 Å². The third-order valence-electron chi connectivity index (χ3n) is 2.83. The maximum atomic E-state index is 12.3. The molecule has 0 heterocycles. The zero-order valence-corrected chi connectivity index (χ0v) is 12.8. The lowest BCUT2D eigenvalue weighted by Gasteiger charge is -2.34. The highest BCUT2D eigenvalue weighted by Crippen LogP contribution is 2.19. The molecule has 0 aromatic heterocycles. The van der Waals surface area contributed by atoms with E-state index in [0.717, 1.165) is 3.57 Å². The van der Waals surface area contributed by atoms with Gasteiger partial charge in [0.05, 0.1) is 0 Å². The Kier molecular flexibility index (Phi) is 4.72. The lowest BCUT2D eigenvalue weighted by Crippen LogP contribution is -2.52.